The molecule has 2 aromatic carbocycles. The predicted molar refractivity (Wildman–Crippen MR) is 115 cm³/mol. The number of ether oxygens (including phenoxy) is 1. The van der Waals surface area contributed by atoms with Gasteiger partial charge in [-0.25, -0.2) is 4.98 Å². The molecule has 1 amide bonds. The summed E-state index contributed by atoms with van der Waals surface area (Å²) >= 11 is 0. The smallest absolute Gasteiger partial charge is 0.254 e. The molecule has 6 heteroatoms. The van der Waals surface area contributed by atoms with E-state index in [0.29, 0.717) is 24.5 Å². The van der Waals surface area contributed by atoms with E-state index in [-0.39, 0.29) is 5.91 Å². The van der Waals surface area contributed by atoms with Gasteiger partial charge in [-0.3, -0.25) is 4.79 Å². The summed E-state index contributed by atoms with van der Waals surface area (Å²) in [5.74, 6) is 1.37. The van der Waals surface area contributed by atoms with Crippen molar-refractivity contribution in [1.29, 1.82) is 0 Å². The standard InChI is InChI=1S/C23H24N4O2/c1-29-21-10-6-5-9-20(21)25-22-17-18(11-12-24-22)23(28)27-15-13-26(14-16-27)19-7-3-2-4-8-19/h2-12,17H,13-16H2,1H3,(H,24,25). The second kappa shape index (κ2) is 8.65. The lowest BCUT2D eigenvalue weighted by Crippen LogP contribution is -2.48. The number of piperazine rings is 1. The summed E-state index contributed by atoms with van der Waals surface area (Å²) in [7, 11) is 1.63. The Morgan fingerprint density at radius 3 is 2.45 bits per heavy atom. The van der Waals surface area contributed by atoms with Crippen molar-refractivity contribution in [1.82, 2.24) is 9.88 Å². The number of methoxy groups -OCH3 is 1. The van der Waals surface area contributed by atoms with Crippen molar-refractivity contribution in [2.45, 2.75) is 0 Å². The Morgan fingerprint density at radius 1 is 0.966 bits per heavy atom. The summed E-state index contributed by atoms with van der Waals surface area (Å²) in [6, 6.07) is 21.5. The second-order valence-corrected chi connectivity index (χ2v) is 6.87. The number of hydrogen-bond donors (Lipinski definition) is 1. The third-order valence-corrected chi connectivity index (χ3v) is 5.06. The van der Waals surface area contributed by atoms with Gasteiger partial charge in [0.2, 0.25) is 0 Å². The highest BCUT2D eigenvalue weighted by molar-refractivity contribution is 5.95. The van der Waals surface area contributed by atoms with Crippen molar-refractivity contribution in [2.75, 3.05) is 43.5 Å². The highest BCUT2D eigenvalue weighted by atomic mass is 16.5. The highest BCUT2D eigenvalue weighted by Gasteiger charge is 2.22. The Bertz CT molecular complexity index is 969. The van der Waals surface area contributed by atoms with Gasteiger partial charge < -0.3 is 19.9 Å². The number of benzene rings is 2. The van der Waals surface area contributed by atoms with Gasteiger partial charge in [0.1, 0.15) is 11.6 Å². The summed E-state index contributed by atoms with van der Waals surface area (Å²) in [6.45, 7) is 3.05. The Balaban J connectivity index is 1.43. The molecule has 0 spiro atoms. The van der Waals surface area contributed by atoms with Crippen LogP contribution in [0.2, 0.25) is 0 Å². The number of nitrogens with one attached hydrogen (secondary N) is 1. The number of pyridine rings is 1. The molecule has 1 saturated heterocycles. The van der Waals surface area contributed by atoms with E-state index in [1.165, 1.54) is 5.69 Å². The molecule has 0 radical (unpaired) electrons. The minimum atomic E-state index is 0.0307. The molecule has 6 nitrogen and oxygen atoms in total. The van der Waals surface area contributed by atoms with Gasteiger partial charge in [0.05, 0.1) is 12.8 Å². The van der Waals surface area contributed by atoms with Crippen molar-refractivity contribution in [3.8, 4) is 5.75 Å². The number of hydrogen-bond acceptors (Lipinski definition) is 5. The van der Waals surface area contributed by atoms with Crippen molar-refractivity contribution in [2.24, 2.45) is 0 Å². The number of nitrogens with zero attached hydrogens (tertiary/aromatic N) is 3. The molecule has 1 aromatic heterocycles. The number of anilines is 3. The maximum Gasteiger partial charge on any atom is 0.254 e. The van der Waals surface area contributed by atoms with Crippen molar-refractivity contribution < 1.29 is 9.53 Å². The van der Waals surface area contributed by atoms with Crippen LogP contribution in [0.1, 0.15) is 10.4 Å². The number of rotatable bonds is 5. The minimum absolute atomic E-state index is 0.0307. The maximum atomic E-state index is 13.0. The fourth-order valence-corrected chi connectivity index (χ4v) is 3.51. The topological polar surface area (TPSA) is 57.7 Å². The lowest BCUT2D eigenvalue weighted by molar-refractivity contribution is 0.0746. The molecule has 1 N–H and O–H groups in total. The van der Waals surface area contributed by atoms with Gasteiger partial charge in [-0.15, -0.1) is 0 Å². The lowest BCUT2D eigenvalue weighted by Gasteiger charge is -2.36. The van der Waals surface area contributed by atoms with E-state index >= 15 is 0 Å². The summed E-state index contributed by atoms with van der Waals surface area (Å²) in [6.07, 6.45) is 1.66. The van der Waals surface area contributed by atoms with Crippen LogP contribution in [0.5, 0.6) is 5.75 Å². The number of aromatic nitrogens is 1. The Kier molecular flexibility index (Phi) is 5.61. The van der Waals surface area contributed by atoms with Gasteiger partial charge in [-0.05, 0) is 36.4 Å². The molecule has 0 saturated carbocycles. The zero-order valence-corrected chi connectivity index (χ0v) is 16.4. The number of carbonyl (C=O) groups excluding carboxylic acids is 1. The molecular weight excluding hydrogens is 364 g/mol. The number of carbonyl (C=O) groups is 1. The summed E-state index contributed by atoms with van der Waals surface area (Å²) in [5.41, 5.74) is 2.64. The van der Waals surface area contributed by atoms with Crippen LogP contribution in [0.15, 0.2) is 72.9 Å². The Hall–Kier alpha value is -3.54. The van der Waals surface area contributed by atoms with E-state index in [0.717, 1.165) is 24.5 Å². The molecule has 1 aliphatic heterocycles. The average molecular weight is 388 g/mol. The molecule has 1 fully saturated rings. The van der Waals surface area contributed by atoms with Gasteiger partial charge in [0.15, 0.2) is 0 Å². The monoisotopic (exact) mass is 388 g/mol. The lowest BCUT2D eigenvalue weighted by atomic mass is 10.2. The molecule has 0 unspecified atom stereocenters. The summed E-state index contributed by atoms with van der Waals surface area (Å²) in [5, 5.41) is 3.24. The second-order valence-electron chi connectivity index (χ2n) is 6.87. The molecule has 0 bridgehead atoms. The van der Waals surface area contributed by atoms with Crippen molar-refractivity contribution in [3.05, 3.63) is 78.5 Å². The van der Waals surface area contributed by atoms with E-state index in [1.807, 2.05) is 47.4 Å². The molecular formula is C23H24N4O2. The molecule has 2 heterocycles. The van der Waals surface area contributed by atoms with Crippen LogP contribution in [0.4, 0.5) is 17.2 Å². The Labute approximate surface area is 170 Å². The quantitative estimate of drug-likeness (QED) is 0.721. The van der Waals surface area contributed by atoms with Gasteiger partial charge in [-0.1, -0.05) is 30.3 Å². The van der Waals surface area contributed by atoms with E-state index < -0.39 is 0 Å². The van der Waals surface area contributed by atoms with Crippen molar-refractivity contribution in [3.63, 3.8) is 0 Å². The normalized spacial score (nSPS) is 13.8. The van der Waals surface area contributed by atoms with E-state index in [2.05, 4.69) is 27.3 Å². The average Bonchev–Trinajstić information content (AvgIpc) is 2.80. The number of amides is 1. The molecule has 148 valence electrons. The van der Waals surface area contributed by atoms with Gasteiger partial charge in [-0.2, -0.15) is 0 Å². The first-order valence-corrected chi connectivity index (χ1v) is 9.70. The van der Waals surface area contributed by atoms with Crippen LogP contribution < -0.4 is 15.0 Å². The van der Waals surface area contributed by atoms with Crippen LogP contribution in [0.3, 0.4) is 0 Å². The van der Waals surface area contributed by atoms with Gasteiger partial charge >= 0.3 is 0 Å². The third-order valence-electron chi connectivity index (χ3n) is 5.06. The molecule has 4 rings (SSSR count). The maximum absolute atomic E-state index is 13.0. The number of para-hydroxylation sites is 3. The molecule has 0 aliphatic carbocycles. The van der Waals surface area contributed by atoms with E-state index in [1.54, 1.807) is 25.4 Å². The molecule has 1 aliphatic rings. The van der Waals surface area contributed by atoms with Gasteiger partial charge in [0, 0.05) is 43.6 Å². The SMILES string of the molecule is COc1ccccc1Nc1cc(C(=O)N2CCN(c3ccccc3)CC2)ccn1. The Morgan fingerprint density at radius 2 is 1.69 bits per heavy atom. The predicted octanol–water partition coefficient (Wildman–Crippen LogP) is 3.80. The molecule has 0 atom stereocenters. The minimum Gasteiger partial charge on any atom is -0.495 e. The summed E-state index contributed by atoms with van der Waals surface area (Å²) in [4.78, 5) is 21.6. The van der Waals surface area contributed by atoms with Crippen LogP contribution in [-0.2, 0) is 0 Å². The zero-order chi connectivity index (χ0) is 20.1. The first kappa shape index (κ1) is 18.8. The third kappa shape index (κ3) is 4.32. The van der Waals surface area contributed by atoms with Crippen molar-refractivity contribution >= 4 is 23.1 Å². The zero-order valence-electron chi connectivity index (χ0n) is 16.4. The largest absolute Gasteiger partial charge is 0.495 e. The van der Waals surface area contributed by atoms with Crippen LogP contribution in [0.25, 0.3) is 0 Å². The summed E-state index contributed by atoms with van der Waals surface area (Å²) < 4.78 is 5.37. The van der Waals surface area contributed by atoms with E-state index in [9.17, 15) is 4.79 Å². The van der Waals surface area contributed by atoms with E-state index in [4.69, 9.17) is 4.74 Å². The molecule has 29 heavy (non-hydrogen) atoms. The van der Waals surface area contributed by atoms with Crippen LogP contribution in [0, 0.1) is 0 Å². The van der Waals surface area contributed by atoms with Crippen LogP contribution >= 0.6 is 0 Å². The highest BCUT2D eigenvalue weighted by Crippen LogP contribution is 2.26. The fourth-order valence-electron chi connectivity index (χ4n) is 3.51. The van der Waals surface area contributed by atoms with Gasteiger partial charge in [0.25, 0.3) is 5.91 Å². The first-order chi connectivity index (χ1) is 14.2. The molecule has 3 aromatic rings. The fraction of sp³-hybridized carbons (Fsp3) is 0.217. The first-order valence-electron chi connectivity index (χ1n) is 9.70. The van der Waals surface area contributed by atoms with Crippen LogP contribution in [-0.4, -0.2) is 49.1 Å².